The van der Waals surface area contributed by atoms with Crippen molar-refractivity contribution >= 4 is 15.7 Å². The number of nitrogens with zero attached hydrogens (tertiary/aromatic N) is 1. The molecule has 0 radical (unpaired) electrons. The van der Waals surface area contributed by atoms with Gasteiger partial charge in [0.1, 0.15) is 0 Å². The highest BCUT2D eigenvalue weighted by molar-refractivity contribution is 7.89. The van der Waals surface area contributed by atoms with Crippen LogP contribution in [0.15, 0.2) is 45.9 Å². The third-order valence-corrected chi connectivity index (χ3v) is 13.0. The van der Waals surface area contributed by atoms with Crippen LogP contribution in [0.1, 0.15) is 111 Å². The van der Waals surface area contributed by atoms with Crippen molar-refractivity contribution in [2.75, 3.05) is 0 Å². The quantitative estimate of drug-likeness (QED) is 0.328. The lowest BCUT2D eigenvalue weighted by molar-refractivity contribution is -0.0573. The number of hydrogen-bond donors (Lipinski definition) is 1. The highest BCUT2D eigenvalue weighted by atomic mass is 32.2. The number of rotatable bonds is 8. The van der Waals surface area contributed by atoms with Crippen LogP contribution in [0.4, 0.5) is 0 Å². The van der Waals surface area contributed by atoms with Crippen LogP contribution in [0.25, 0.3) is 0 Å². The number of fused-ring (bicyclic) bond motifs is 5. The van der Waals surface area contributed by atoms with Gasteiger partial charge < -0.3 is 0 Å². The number of hydrogen-bond acceptors (Lipinski definition) is 3. The summed E-state index contributed by atoms with van der Waals surface area (Å²) >= 11 is 0. The minimum absolute atomic E-state index is 0.236. The first-order valence-corrected chi connectivity index (χ1v) is 17.3. The average molecular weight is 553 g/mol. The van der Waals surface area contributed by atoms with Crippen LogP contribution in [0.3, 0.4) is 0 Å². The van der Waals surface area contributed by atoms with Crippen molar-refractivity contribution in [1.29, 1.82) is 0 Å². The van der Waals surface area contributed by atoms with E-state index < -0.39 is 10.0 Å². The molecule has 4 nitrogen and oxygen atoms in total. The molecule has 3 fully saturated rings. The van der Waals surface area contributed by atoms with Gasteiger partial charge in [-0.05, 0) is 123 Å². The van der Waals surface area contributed by atoms with E-state index in [0.29, 0.717) is 5.41 Å². The first-order chi connectivity index (χ1) is 18.4. The predicted octanol–water partition coefficient (Wildman–Crippen LogP) is 8.67. The molecule has 5 rings (SSSR count). The molecule has 7 unspecified atom stereocenters. The summed E-state index contributed by atoms with van der Waals surface area (Å²) in [5.74, 6) is 5.05. The van der Waals surface area contributed by atoms with Gasteiger partial charge in [0.25, 0.3) is 10.0 Å². The molecule has 0 heterocycles. The molecule has 0 amide bonds. The first-order valence-electron chi connectivity index (χ1n) is 15.8. The summed E-state index contributed by atoms with van der Waals surface area (Å²) < 4.78 is 25.6. The Morgan fingerprint density at radius 1 is 0.949 bits per heavy atom. The SMILES string of the molecule is Cc1ccc(S(=O)(=O)N/N=C2\C=C3CCC4C(CCC5(C)C(C(C)CCCC(C)C)CCC45)C3(C)CC2)cc1. The summed E-state index contributed by atoms with van der Waals surface area (Å²) in [6.07, 6.45) is 16.4. The second-order valence-electron chi connectivity index (χ2n) is 14.5. The summed E-state index contributed by atoms with van der Waals surface area (Å²) in [5.41, 5.74) is 4.20. The van der Waals surface area contributed by atoms with E-state index in [-0.39, 0.29) is 10.3 Å². The summed E-state index contributed by atoms with van der Waals surface area (Å²) in [6.45, 7) is 14.4. The van der Waals surface area contributed by atoms with Crippen molar-refractivity contribution in [3.63, 3.8) is 0 Å². The van der Waals surface area contributed by atoms with Gasteiger partial charge in [-0.2, -0.15) is 18.4 Å². The van der Waals surface area contributed by atoms with E-state index in [1.165, 1.54) is 56.9 Å². The number of aryl methyl sites for hydroxylation is 1. The van der Waals surface area contributed by atoms with Crippen molar-refractivity contribution in [2.45, 2.75) is 117 Å². The van der Waals surface area contributed by atoms with Gasteiger partial charge in [-0.3, -0.25) is 0 Å². The first kappa shape index (κ1) is 28.9. The fourth-order valence-corrected chi connectivity index (χ4v) is 10.4. The number of nitrogens with one attached hydrogen (secondary N) is 1. The molecule has 4 aliphatic carbocycles. The van der Waals surface area contributed by atoms with Crippen molar-refractivity contribution in [3.05, 3.63) is 41.5 Å². The molecule has 1 aromatic rings. The van der Waals surface area contributed by atoms with E-state index in [9.17, 15) is 8.42 Å². The smallest absolute Gasteiger partial charge is 0.200 e. The molecule has 0 saturated heterocycles. The van der Waals surface area contributed by atoms with E-state index >= 15 is 0 Å². The zero-order valence-electron chi connectivity index (χ0n) is 25.3. The molecule has 4 aliphatic rings. The van der Waals surface area contributed by atoms with E-state index in [1.807, 2.05) is 19.1 Å². The van der Waals surface area contributed by atoms with Gasteiger partial charge in [0.05, 0.1) is 10.6 Å². The molecule has 3 saturated carbocycles. The summed E-state index contributed by atoms with van der Waals surface area (Å²) in [6, 6.07) is 6.94. The van der Waals surface area contributed by atoms with Crippen LogP contribution in [-0.4, -0.2) is 14.1 Å². The van der Waals surface area contributed by atoms with Gasteiger partial charge >= 0.3 is 0 Å². The van der Waals surface area contributed by atoms with Gasteiger partial charge in [0.15, 0.2) is 0 Å². The molecule has 5 heteroatoms. The standard InChI is InChI=1S/C34H52N2O2S/c1-23(2)8-7-9-25(4)30-16-17-31-29-15-12-26-22-27(18-20-33(26,5)32(29)19-21-34(30,31)6)35-36-39(37,38)28-13-10-24(3)11-14-28/h10-11,13-14,22-23,25,29-32,36H,7-9,12,15-21H2,1-6H3/b35-27-. The van der Waals surface area contributed by atoms with Crippen molar-refractivity contribution in [2.24, 2.45) is 51.4 Å². The van der Waals surface area contributed by atoms with Crippen LogP contribution in [0.2, 0.25) is 0 Å². The fourth-order valence-electron chi connectivity index (χ4n) is 9.57. The fraction of sp³-hybridized carbons (Fsp3) is 0.735. The lowest BCUT2D eigenvalue weighted by Gasteiger charge is -2.58. The normalized spacial score (nSPS) is 36.2. The number of hydrazone groups is 1. The molecule has 0 aromatic heterocycles. The van der Waals surface area contributed by atoms with Gasteiger partial charge in [-0.15, -0.1) is 0 Å². The van der Waals surface area contributed by atoms with E-state index in [0.717, 1.165) is 66.0 Å². The Balaban J connectivity index is 1.28. The molecule has 0 spiro atoms. The third-order valence-electron chi connectivity index (χ3n) is 11.8. The molecule has 1 N–H and O–H groups in total. The van der Waals surface area contributed by atoms with Gasteiger partial charge in [-0.25, -0.2) is 0 Å². The van der Waals surface area contributed by atoms with Gasteiger partial charge in [-0.1, -0.05) is 77.2 Å². The Morgan fingerprint density at radius 3 is 2.41 bits per heavy atom. The zero-order valence-corrected chi connectivity index (χ0v) is 26.1. The molecule has 39 heavy (non-hydrogen) atoms. The third kappa shape index (κ3) is 5.51. The van der Waals surface area contributed by atoms with Crippen LogP contribution in [-0.2, 0) is 10.0 Å². The maximum atomic E-state index is 12.8. The molecular formula is C34H52N2O2S. The summed E-state index contributed by atoms with van der Waals surface area (Å²) in [7, 11) is -3.65. The molecule has 216 valence electrons. The van der Waals surface area contributed by atoms with E-state index in [1.54, 1.807) is 12.1 Å². The zero-order chi connectivity index (χ0) is 28.0. The Hall–Kier alpha value is -1.62. The van der Waals surface area contributed by atoms with Crippen LogP contribution in [0.5, 0.6) is 0 Å². The minimum atomic E-state index is -3.65. The lowest BCUT2D eigenvalue weighted by Crippen LogP contribution is -2.51. The van der Waals surface area contributed by atoms with Crippen molar-refractivity contribution in [1.82, 2.24) is 4.83 Å². The second kappa shape index (κ2) is 11.0. The number of sulfonamides is 1. The Kier molecular flexibility index (Phi) is 8.14. The molecule has 0 aliphatic heterocycles. The van der Waals surface area contributed by atoms with Crippen LogP contribution >= 0.6 is 0 Å². The van der Waals surface area contributed by atoms with E-state index in [2.05, 4.69) is 50.6 Å². The highest BCUT2D eigenvalue weighted by Crippen LogP contribution is 2.67. The van der Waals surface area contributed by atoms with Gasteiger partial charge in [0, 0.05) is 0 Å². The lowest BCUT2D eigenvalue weighted by atomic mass is 9.46. The maximum Gasteiger partial charge on any atom is 0.276 e. The Labute approximate surface area is 238 Å². The topological polar surface area (TPSA) is 58.5 Å². The van der Waals surface area contributed by atoms with Crippen LogP contribution < -0.4 is 4.83 Å². The highest BCUT2D eigenvalue weighted by Gasteiger charge is 2.59. The summed E-state index contributed by atoms with van der Waals surface area (Å²) in [5, 5.41) is 4.41. The molecule has 7 atom stereocenters. The maximum absolute atomic E-state index is 12.8. The number of allylic oxidation sites excluding steroid dienone is 2. The van der Waals surface area contributed by atoms with Crippen LogP contribution in [0, 0.1) is 53.3 Å². The van der Waals surface area contributed by atoms with Gasteiger partial charge in [0.2, 0.25) is 0 Å². The Bertz CT molecular complexity index is 1200. The Morgan fingerprint density at radius 2 is 1.69 bits per heavy atom. The molecular weight excluding hydrogens is 500 g/mol. The minimum Gasteiger partial charge on any atom is -0.200 e. The summed E-state index contributed by atoms with van der Waals surface area (Å²) in [4.78, 5) is 2.78. The van der Waals surface area contributed by atoms with E-state index in [4.69, 9.17) is 0 Å². The van der Waals surface area contributed by atoms with Crippen molar-refractivity contribution in [3.8, 4) is 0 Å². The largest absolute Gasteiger partial charge is 0.276 e. The molecule has 0 bridgehead atoms. The monoisotopic (exact) mass is 552 g/mol. The molecule has 1 aromatic carbocycles. The predicted molar refractivity (Wildman–Crippen MR) is 162 cm³/mol. The van der Waals surface area contributed by atoms with Crippen molar-refractivity contribution < 1.29 is 8.42 Å². The average Bonchev–Trinajstić information content (AvgIpc) is 3.25. The number of benzene rings is 1. The second-order valence-corrected chi connectivity index (χ2v) is 16.2.